The number of rotatable bonds is 8. The zero-order valence-corrected chi connectivity index (χ0v) is 17.7. The predicted molar refractivity (Wildman–Crippen MR) is 112 cm³/mol. The number of amides is 1. The van der Waals surface area contributed by atoms with E-state index in [1.54, 1.807) is 30.8 Å². The lowest BCUT2D eigenvalue weighted by molar-refractivity contribution is 0.0897. The van der Waals surface area contributed by atoms with Crippen molar-refractivity contribution in [3.63, 3.8) is 0 Å². The van der Waals surface area contributed by atoms with Gasteiger partial charge in [0.1, 0.15) is 6.61 Å². The van der Waals surface area contributed by atoms with E-state index in [1.807, 2.05) is 12.3 Å². The number of hydrogen-bond donors (Lipinski definition) is 2. The van der Waals surface area contributed by atoms with Gasteiger partial charge in [-0.2, -0.15) is 0 Å². The number of nitrogens with one attached hydrogen (secondary N) is 1. The number of nitrogens with two attached hydrogens (primary N) is 1. The van der Waals surface area contributed by atoms with E-state index in [-0.39, 0.29) is 36.3 Å². The van der Waals surface area contributed by atoms with Gasteiger partial charge in [-0.1, -0.05) is 0 Å². The van der Waals surface area contributed by atoms with Crippen molar-refractivity contribution >= 4 is 42.1 Å². The van der Waals surface area contributed by atoms with Crippen molar-refractivity contribution in [1.82, 2.24) is 10.3 Å². The summed E-state index contributed by atoms with van der Waals surface area (Å²) in [6.07, 6.45) is 2.22. The molecule has 0 spiro atoms. The summed E-state index contributed by atoms with van der Waals surface area (Å²) >= 11 is 1.52. The summed E-state index contributed by atoms with van der Waals surface area (Å²) in [5.74, 6) is 1.41. The maximum atomic E-state index is 12.6. The van der Waals surface area contributed by atoms with Crippen molar-refractivity contribution in [2.24, 2.45) is 11.7 Å². The first-order valence-corrected chi connectivity index (χ1v) is 9.20. The summed E-state index contributed by atoms with van der Waals surface area (Å²) in [6, 6.07) is 5.17. The number of hydrogen-bond acceptors (Lipinski definition) is 6. The minimum Gasteiger partial charge on any atom is -0.493 e. The topological polar surface area (TPSA) is 86.5 Å². The van der Waals surface area contributed by atoms with Gasteiger partial charge in [0, 0.05) is 17.5 Å². The standard InChI is InChI=1S/C18H23N3O3S.2ClH/c1-18(10-19,13-4-5-13)21-17(22)12-3-6-15(16(7-12)23-2)24-8-14-9-25-11-20-14;;/h3,6-7,9,11,13H,4-5,8,10,19H2,1-2H3,(H,21,22);2*1H. The van der Waals surface area contributed by atoms with Crippen LogP contribution in [0, 0.1) is 5.92 Å². The summed E-state index contributed by atoms with van der Waals surface area (Å²) in [4.78, 5) is 16.8. The molecule has 3 rings (SSSR count). The number of nitrogens with zero attached hydrogens (tertiary/aromatic N) is 1. The van der Waals surface area contributed by atoms with Crippen LogP contribution in [0.1, 0.15) is 35.8 Å². The van der Waals surface area contributed by atoms with E-state index in [0.717, 1.165) is 18.5 Å². The largest absolute Gasteiger partial charge is 0.493 e. The molecule has 3 N–H and O–H groups in total. The van der Waals surface area contributed by atoms with Crippen molar-refractivity contribution in [1.29, 1.82) is 0 Å². The van der Waals surface area contributed by atoms with Crippen molar-refractivity contribution < 1.29 is 14.3 Å². The molecule has 1 atom stereocenters. The van der Waals surface area contributed by atoms with Gasteiger partial charge in [0.15, 0.2) is 11.5 Å². The number of carbonyl (C=O) groups is 1. The van der Waals surface area contributed by atoms with E-state index >= 15 is 0 Å². The second-order valence-corrected chi connectivity index (χ2v) is 7.20. The third-order valence-electron chi connectivity index (χ3n) is 4.59. The Morgan fingerprint density at radius 3 is 2.67 bits per heavy atom. The van der Waals surface area contributed by atoms with Gasteiger partial charge >= 0.3 is 0 Å². The average molecular weight is 434 g/mol. The number of carbonyl (C=O) groups excluding carboxylic acids is 1. The molecule has 27 heavy (non-hydrogen) atoms. The Kier molecular flexibility index (Phi) is 8.81. The lowest BCUT2D eigenvalue weighted by Gasteiger charge is -2.29. The van der Waals surface area contributed by atoms with Gasteiger partial charge in [-0.05, 0) is 43.9 Å². The normalized spacial score (nSPS) is 14.9. The first-order valence-electron chi connectivity index (χ1n) is 8.26. The Morgan fingerprint density at radius 2 is 2.11 bits per heavy atom. The minimum atomic E-state index is -0.357. The van der Waals surface area contributed by atoms with Crippen LogP contribution in [-0.4, -0.2) is 30.1 Å². The molecule has 1 aromatic heterocycles. The fraction of sp³-hybridized carbons (Fsp3) is 0.444. The van der Waals surface area contributed by atoms with Crippen LogP contribution in [0.15, 0.2) is 29.1 Å². The van der Waals surface area contributed by atoms with Crippen molar-refractivity contribution in [2.75, 3.05) is 13.7 Å². The second-order valence-electron chi connectivity index (χ2n) is 6.48. The fourth-order valence-corrected chi connectivity index (χ4v) is 3.30. The highest BCUT2D eigenvalue weighted by Crippen LogP contribution is 2.39. The summed E-state index contributed by atoms with van der Waals surface area (Å²) in [7, 11) is 1.56. The minimum absolute atomic E-state index is 0. The molecule has 1 aliphatic carbocycles. The van der Waals surface area contributed by atoms with E-state index in [1.165, 1.54) is 11.3 Å². The molecule has 6 nitrogen and oxygen atoms in total. The second kappa shape index (κ2) is 10.1. The van der Waals surface area contributed by atoms with E-state index < -0.39 is 0 Å². The highest BCUT2D eigenvalue weighted by Gasteiger charge is 2.41. The highest BCUT2D eigenvalue weighted by atomic mass is 35.5. The zero-order valence-electron chi connectivity index (χ0n) is 15.3. The van der Waals surface area contributed by atoms with Gasteiger partial charge in [0.05, 0.1) is 23.9 Å². The van der Waals surface area contributed by atoms with Crippen LogP contribution < -0.4 is 20.5 Å². The molecule has 0 radical (unpaired) electrons. The van der Waals surface area contributed by atoms with Crippen molar-refractivity contribution in [3.05, 3.63) is 40.3 Å². The molecular formula is C18H25Cl2N3O3S. The monoisotopic (exact) mass is 433 g/mol. The van der Waals surface area contributed by atoms with Crippen LogP contribution in [0.25, 0.3) is 0 Å². The van der Waals surface area contributed by atoms with Crippen LogP contribution in [0.2, 0.25) is 0 Å². The van der Waals surface area contributed by atoms with Gasteiger partial charge in [-0.25, -0.2) is 4.98 Å². The van der Waals surface area contributed by atoms with Crippen LogP contribution in [-0.2, 0) is 6.61 Å². The Labute approximate surface area is 175 Å². The molecule has 150 valence electrons. The van der Waals surface area contributed by atoms with Gasteiger partial charge < -0.3 is 20.5 Å². The molecule has 1 aliphatic rings. The number of aromatic nitrogens is 1. The van der Waals surface area contributed by atoms with Gasteiger partial charge in [-0.15, -0.1) is 36.2 Å². The smallest absolute Gasteiger partial charge is 0.251 e. The van der Waals surface area contributed by atoms with Crippen LogP contribution in [0.3, 0.4) is 0 Å². The summed E-state index contributed by atoms with van der Waals surface area (Å²) in [5.41, 5.74) is 8.66. The lowest BCUT2D eigenvalue weighted by atomic mass is 9.95. The van der Waals surface area contributed by atoms with Crippen molar-refractivity contribution in [2.45, 2.75) is 31.9 Å². The average Bonchev–Trinajstić information content (AvgIpc) is 3.37. The number of thiazole rings is 1. The van der Waals surface area contributed by atoms with Crippen LogP contribution in [0.5, 0.6) is 11.5 Å². The summed E-state index contributed by atoms with van der Waals surface area (Å²) < 4.78 is 11.1. The van der Waals surface area contributed by atoms with E-state index in [2.05, 4.69) is 10.3 Å². The third-order valence-corrected chi connectivity index (χ3v) is 5.22. The molecule has 1 aromatic carbocycles. The third kappa shape index (κ3) is 5.72. The molecule has 1 heterocycles. The molecule has 1 unspecified atom stereocenters. The lowest BCUT2D eigenvalue weighted by Crippen LogP contribution is -2.53. The molecule has 0 saturated heterocycles. The Balaban J connectivity index is 0.00000182. The van der Waals surface area contributed by atoms with Crippen LogP contribution >= 0.6 is 36.2 Å². The summed E-state index contributed by atoms with van der Waals surface area (Å²) in [5, 5.41) is 5.01. The molecule has 0 bridgehead atoms. The quantitative estimate of drug-likeness (QED) is 0.665. The maximum Gasteiger partial charge on any atom is 0.251 e. The maximum absolute atomic E-state index is 12.6. The molecular weight excluding hydrogens is 409 g/mol. The SMILES string of the molecule is COc1cc(C(=O)NC(C)(CN)C2CC2)ccc1OCc1cscn1.Cl.Cl. The molecule has 1 fully saturated rings. The number of ether oxygens (including phenoxy) is 2. The van der Waals surface area contributed by atoms with Crippen molar-refractivity contribution in [3.8, 4) is 11.5 Å². The van der Waals surface area contributed by atoms with Crippen LogP contribution in [0.4, 0.5) is 0 Å². The van der Waals surface area contributed by atoms with E-state index in [9.17, 15) is 4.79 Å². The van der Waals surface area contributed by atoms with Gasteiger partial charge in [0.2, 0.25) is 0 Å². The molecule has 0 aliphatic heterocycles. The van der Waals surface area contributed by atoms with E-state index in [4.69, 9.17) is 15.2 Å². The number of methoxy groups -OCH3 is 1. The first-order chi connectivity index (χ1) is 12.1. The number of benzene rings is 1. The molecule has 1 amide bonds. The molecule has 1 saturated carbocycles. The Bertz CT molecular complexity index is 741. The van der Waals surface area contributed by atoms with Gasteiger partial charge in [0.25, 0.3) is 5.91 Å². The highest BCUT2D eigenvalue weighted by molar-refractivity contribution is 7.07. The van der Waals surface area contributed by atoms with Gasteiger partial charge in [-0.3, -0.25) is 4.79 Å². The molecule has 2 aromatic rings. The van der Waals surface area contributed by atoms with E-state index in [0.29, 0.717) is 36.1 Å². The predicted octanol–water partition coefficient (Wildman–Crippen LogP) is 3.43. The summed E-state index contributed by atoms with van der Waals surface area (Å²) in [6.45, 7) is 2.79. The Morgan fingerprint density at radius 1 is 1.37 bits per heavy atom. The zero-order chi connectivity index (χ0) is 17.9. The molecule has 9 heteroatoms. The Hall–Kier alpha value is -1.54. The number of halogens is 2. The fourth-order valence-electron chi connectivity index (χ4n) is 2.76. The first kappa shape index (κ1) is 23.5.